The first-order valence-corrected chi connectivity index (χ1v) is 3.33. The van der Waals surface area contributed by atoms with Gasteiger partial charge >= 0.3 is 5.97 Å². The van der Waals surface area contributed by atoms with Crippen molar-refractivity contribution < 1.29 is 9.90 Å². The van der Waals surface area contributed by atoms with Crippen molar-refractivity contribution in [2.75, 3.05) is 5.32 Å². The number of aliphatic carboxylic acids is 1. The number of carbonyl (C=O) groups is 1. The molecule has 0 aliphatic heterocycles. The molecule has 1 aromatic heterocycles. The third-order valence-corrected chi connectivity index (χ3v) is 1.34. The highest BCUT2D eigenvalue weighted by atomic mass is 16.4. The van der Waals surface area contributed by atoms with E-state index in [0.29, 0.717) is 5.95 Å². The summed E-state index contributed by atoms with van der Waals surface area (Å²) in [6.07, 6.45) is 0. The van der Waals surface area contributed by atoms with Gasteiger partial charge in [0.15, 0.2) is 0 Å². The van der Waals surface area contributed by atoms with Crippen molar-refractivity contribution >= 4 is 11.9 Å². The Morgan fingerprint density at radius 2 is 2.42 bits per heavy atom. The smallest absolute Gasteiger partial charge is 0.325 e. The number of tetrazole rings is 1. The lowest BCUT2D eigenvalue weighted by atomic mass is 10.3. The number of carboxylic acid groups (broad SMARTS) is 1. The molecule has 12 heavy (non-hydrogen) atoms. The van der Waals surface area contributed by atoms with Crippen molar-refractivity contribution in [3.63, 3.8) is 0 Å². The van der Waals surface area contributed by atoms with Crippen LogP contribution in [-0.4, -0.2) is 37.3 Å². The van der Waals surface area contributed by atoms with Gasteiger partial charge in [-0.3, -0.25) is 4.79 Å². The topological polar surface area (TPSA) is 92.9 Å². The second kappa shape index (κ2) is 3.16. The lowest BCUT2D eigenvalue weighted by molar-refractivity contribution is -0.137. The van der Waals surface area contributed by atoms with Crippen LogP contribution in [-0.2, 0) is 11.8 Å². The Labute approximate surface area is 68.4 Å². The summed E-state index contributed by atoms with van der Waals surface area (Å²) >= 11 is 0. The quantitative estimate of drug-likeness (QED) is 0.611. The van der Waals surface area contributed by atoms with Crippen LogP contribution in [0.3, 0.4) is 0 Å². The first kappa shape index (κ1) is 8.44. The Bertz CT molecular complexity index is 283. The second-order valence-corrected chi connectivity index (χ2v) is 2.33. The van der Waals surface area contributed by atoms with Crippen LogP contribution in [0.5, 0.6) is 0 Å². The Morgan fingerprint density at radius 1 is 1.75 bits per heavy atom. The Balaban J connectivity index is 2.64. The highest BCUT2D eigenvalue weighted by molar-refractivity contribution is 5.75. The van der Waals surface area contributed by atoms with E-state index in [2.05, 4.69) is 20.8 Å². The van der Waals surface area contributed by atoms with Gasteiger partial charge in [-0.05, 0) is 17.4 Å². The maximum Gasteiger partial charge on any atom is 0.325 e. The molecule has 0 spiro atoms. The Kier molecular flexibility index (Phi) is 2.22. The van der Waals surface area contributed by atoms with Gasteiger partial charge in [-0.2, -0.15) is 0 Å². The number of aromatic nitrogens is 4. The van der Waals surface area contributed by atoms with Gasteiger partial charge < -0.3 is 10.4 Å². The molecule has 1 aromatic rings. The SMILES string of the molecule is CC(Nc1nnnn1C)C(=O)O. The van der Waals surface area contributed by atoms with E-state index in [1.807, 2.05) is 0 Å². The Hall–Kier alpha value is -1.66. The van der Waals surface area contributed by atoms with Crippen molar-refractivity contribution in [1.29, 1.82) is 0 Å². The summed E-state index contributed by atoms with van der Waals surface area (Å²) < 4.78 is 1.36. The van der Waals surface area contributed by atoms with E-state index in [1.165, 1.54) is 11.6 Å². The lowest BCUT2D eigenvalue weighted by Crippen LogP contribution is -2.26. The number of anilines is 1. The van der Waals surface area contributed by atoms with Crippen LogP contribution in [0.15, 0.2) is 0 Å². The van der Waals surface area contributed by atoms with Crippen LogP contribution in [0.4, 0.5) is 5.95 Å². The summed E-state index contributed by atoms with van der Waals surface area (Å²) in [4.78, 5) is 10.4. The summed E-state index contributed by atoms with van der Waals surface area (Å²) in [7, 11) is 1.62. The lowest BCUT2D eigenvalue weighted by Gasteiger charge is -2.07. The molecule has 0 aromatic carbocycles. The molecule has 7 heteroatoms. The number of aryl methyl sites for hydroxylation is 1. The number of nitrogens with one attached hydrogen (secondary N) is 1. The molecule has 0 amide bonds. The molecule has 0 aliphatic rings. The summed E-state index contributed by atoms with van der Waals surface area (Å²) in [6.45, 7) is 1.51. The average Bonchev–Trinajstić information content (AvgIpc) is 2.36. The zero-order valence-electron chi connectivity index (χ0n) is 6.72. The molecule has 66 valence electrons. The molecular weight excluding hydrogens is 162 g/mol. The molecule has 1 rings (SSSR count). The van der Waals surface area contributed by atoms with Crippen molar-refractivity contribution in [2.45, 2.75) is 13.0 Å². The minimum atomic E-state index is -0.946. The maximum atomic E-state index is 10.4. The number of nitrogens with zero attached hydrogens (tertiary/aromatic N) is 4. The van der Waals surface area contributed by atoms with Crippen LogP contribution < -0.4 is 5.32 Å². The molecule has 0 bridgehead atoms. The number of hydrogen-bond acceptors (Lipinski definition) is 5. The number of hydrogen-bond donors (Lipinski definition) is 2. The minimum Gasteiger partial charge on any atom is -0.480 e. The van der Waals surface area contributed by atoms with Gasteiger partial charge in [0.1, 0.15) is 6.04 Å². The van der Waals surface area contributed by atoms with E-state index >= 15 is 0 Å². The highest BCUT2D eigenvalue weighted by Gasteiger charge is 2.12. The van der Waals surface area contributed by atoms with Crippen LogP contribution in [0.25, 0.3) is 0 Å². The van der Waals surface area contributed by atoms with Crippen molar-refractivity contribution in [3.05, 3.63) is 0 Å². The normalized spacial score (nSPS) is 12.5. The molecular formula is C5H9N5O2. The minimum absolute atomic E-state index is 0.338. The van der Waals surface area contributed by atoms with E-state index in [4.69, 9.17) is 5.11 Å². The predicted octanol–water partition coefficient (Wildman–Crippen LogP) is -0.905. The van der Waals surface area contributed by atoms with E-state index in [1.54, 1.807) is 7.05 Å². The summed E-state index contributed by atoms with van der Waals surface area (Å²) in [6, 6.07) is -0.699. The zero-order chi connectivity index (χ0) is 9.14. The van der Waals surface area contributed by atoms with E-state index < -0.39 is 12.0 Å². The number of rotatable bonds is 3. The number of carboxylic acids is 1. The van der Waals surface area contributed by atoms with E-state index in [0.717, 1.165) is 0 Å². The molecule has 0 saturated carbocycles. The standard InChI is InChI=1S/C5H9N5O2/c1-3(4(11)12)6-5-7-8-9-10(5)2/h3H,1-2H3,(H,11,12)(H,6,7,9). The largest absolute Gasteiger partial charge is 0.480 e. The first-order chi connectivity index (χ1) is 5.61. The maximum absolute atomic E-state index is 10.4. The zero-order valence-corrected chi connectivity index (χ0v) is 6.72. The Morgan fingerprint density at radius 3 is 2.83 bits per heavy atom. The molecule has 1 atom stereocenters. The molecule has 0 radical (unpaired) electrons. The molecule has 1 heterocycles. The van der Waals surface area contributed by atoms with Crippen LogP contribution >= 0.6 is 0 Å². The van der Waals surface area contributed by atoms with E-state index in [9.17, 15) is 4.79 Å². The van der Waals surface area contributed by atoms with E-state index in [-0.39, 0.29) is 0 Å². The average molecular weight is 171 g/mol. The molecule has 7 nitrogen and oxygen atoms in total. The van der Waals surface area contributed by atoms with Gasteiger partial charge in [-0.15, -0.1) is 0 Å². The fourth-order valence-corrected chi connectivity index (χ4v) is 0.607. The molecule has 0 fully saturated rings. The highest BCUT2D eigenvalue weighted by Crippen LogP contribution is 1.98. The van der Waals surface area contributed by atoms with Crippen LogP contribution in [0.1, 0.15) is 6.92 Å². The van der Waals surface area contributed by atoms with Crippen molar-refractivity contribution in [1.82, 2.24) is 20.2 Å². The third kappa shape index (κ3) is 1.68. The van der Waals surface area contributed by atoms with Crippen LogP contribution in [0, 0.1) is 0 Å². The summed E-state index contributed by atoms with van der Waals surface area (Å²) in [5.41, 5.74) is 0. The van der Waals surface area contributed by atoms with Crippen molar-refractivity contribution in [3.8, 4) is 0 Å². The van der Waals surface area contributed by atoms with Gasteiger partial charge in [-0.25, -0.2) is 4.68 Å². The van der Waals surface area contributed by atoms with Crippen LogP contribution in [0.2, 0.25) is 0 Å². The van der Waals surface area contributed by atoms with Gasteiger partial charge in [0.2, 0.25) is 5.95 Å². The second-order valence-electron chi connectivity index (χ2n) is 2.33. The summed E-state index contributed by atoms with van der Waals surface area (Å²) in [5, 5.41) is 21.6. The fourth-order valence-electron chi connectivity index (χ4n) is 0.607. The van der Waals surface area contributed by atoms with Gasteiger partial charge in [-0.1, -0.05) is 5.10 Å². The first-order valence-electron chi connectivity index (χ1n) is 3.33. The molecule has 2 N–H and O–H groups in total. The molecule has 0 saturated heterocycles. The molecule has 0 aliphatic carbocycles. The predicted molar refractivity (Wildman–Crippen MR) is 39.5 cm³/mol. The third-order valence-electron chi connectivity index (χ3n) is 1.34. The molecule has 1 unspecified atom stereocenters. The summed E-state index contributed by atoms with van der Waals surface area (Å²) in [5.74, 6) is -0.608. The monoisotopic (exact) mass is 171 g/mol. The van der Waals surface area contributed by atoms with Gasteiger partial charge in [0.25, 0.3) is 0 Å². The van der Waals surface area contributed by atoms with Gasteiger partial charge in [0.05, 0.1) is 0 Å². The fraction of sp³-hybridized carbons (Fsp3) is 0.600. The van der Waals surface area contributed by atoms with Crippen molar-refractivity contribution in [2.24, 2.45) is 7.05 Å². The van der Waals surface area contributed by atoms with Gasteiger partial charge in [0, 0.05) is 7.05 Å².